The Hall–Kier alpha value is -3.58. The van der Waals surface area contributed by atoms with Crippen molar-refractivity contribution < 1.29 is 0 Å². The normalized spacial score (nSPS) is 10.4. The van der Waals surface area contributed by atoms with Crippen molar-refractivity contribution in [3.63, 3.8) is 0 Å². The number of para-hydroxylation sites is 2. The second-order valence-electron chi connectivity index (χ2n) is 6.35. The van der Waals surface area contributed by atoms with E-state index in [1.807, 2.05) is 12.1 Å². The molecule has 0 spiro atoms. The number of hydrogen-bond acceptors (Lipinski definition) is 1. The highest BCUT2D eigenvalue weighted by atomic mass is 15.1. The fraction of sp³-hybridized carbons (Fsp3) is 0. The van der Waals surface area contributed by atoms with Crippen molar-refractivity contribution in [1.82, 2.24) is 0 Å². The van der Waals surface area contributed by atoms with Gasteiger partial charge in [-0.25, -0.2) is 0 Å². The molecule has 0 fully saturated rings. The van der Waals surface area contributed by atoms with Crippen LogP contribution < -0.4 is 4.90 Å². The maximum absolute atomic E-state index is 3.86. The topological polar surface area (TPSA) is 3.24 Å². The first-order valence-corrected chi connectivity index (χ1v) is 9.09. The Morgan fingerprint density at radius 2 is 1.11 bits per heavy atom. The van der Waals surface area contributed by atoms with E-state index in [0.29, 0.717) is 0 Å². The van der Waals surface area contributed by atoms with Crippen molar-refractivity contribution >= 4 is 23.1 Å². The van der Waals surface area contributed by atoms with Gasteiger partial charge in [0.2, 0.25) is 0 Å². The molecule has 0 atom stereocenters. The minimum atomic E-state index is 1.11. The van der Waals surface area contributed by atoms with Crippen molar-refractivity contribution in [3.05, 3.63) is 121 Å². The van der Waals surface area contributed by atoms with Crippen LogP contribution in [0.4, 0.5) is 17.1 Å². The lowest BCUT2D eigenvalue weighted by Gasteiger charge is -2.28. The number of hydrogen-bond donors (Lipinski definition) is 0. The Kier molecular flexibility index (Phi) is 4.84. The molecule has 27 heavy (non-hydrogen) atoms. The van der Waals surface area contributed by atoms with Crippen LogP contribution in [0.25, 0.3) is 17.2 Å². The summed E-state index contributed by atoms with van der Waals surface area (Å²) in [5.41, 5.74) is 6.93. The fourth-order valence-corrected chi connectivity index (χ4v) is 3.29. The average Bonchev–Trinajstić information content (AvgIpc) is 2.76. The van der Waals surface area contributed by atoms with Crippen LogP contribution in [0.2, 0.25) is 0 Å². The SMILES string of the molecule is C=Cc1ccc(N(c2ccccc2)c2ccccc2-c2ccccc2)cc1. The molecule has 1 nitrogen and oxygen atoms in total. The van der Waals surface area contributed by atoms with E-state index in [1.54, 1.807) is 0 Å². The van der Waals surface area contributed by atoms with Crippen LogP contribution in [0.3, 0.4) is 0 Å². The van der Waals surface area contributed by atoms with Crippen LogP contribution in [0.5, 0.6) is 0 Å². The molecule has 0 bridgehead atoms. The van der Waals surface area contributed by atoms with Crippen LogP contribution >= 0.6 is 0 Å². The standard InChI is InChI=1S/C26H21N/c1-2-21-17-19-24(20-18-21)27(23-13-7-4-8-14-23)26-16-10-9-15-25(26)22-11-5-3-6-12-22/h2-20H,1H2. The maximum Gasteiger partial charge on any atom is 0.0540 e. The van der Waals surface area contributed by atoms with Gasteiger partial charge in [-0.1, -0.05) is 91.5 Å². The molecule has 0 saturated heterocycles. The Balaban J connectivity index is 1.91. The highest BCUT2D eigenvalue weighted by molar-refractivity contribution is 5.88. The molecule has 0 amide bonds. The molecule has 0 aliphatic carbocycles. The summed E-state index contributed by atoms with van der Waals surface area (Å²) in [7, 11) is 0. The van der Waals surface area contributed by atoms with Gasteiger partial charge in [0.05, 0.1) is 5.69 Å². The summed E-state index contributed by atoms with van der Waals surface area (Å²) in [5, 5.41) is 0. The third-order valence-electron chi connectivity index (χ3n) is 4.63. The molecule has 0 aromatic heterocycles. The molecule has 0 unspecified atom stereocenters. The zero-order valence-corrected chi connectivity index (χ0v) is 15.1. The molecule has 0 heterocycles. The van der Waals surface area contributed by atoms with Crippen LogP contribution in [0.1, 0.15) is 5.56 Å². The van der Waals surface area contributed by atoms with Gasteiger partial charge < -0.3 is 4.90 Å². The molecule has 130 valence electrons. The zero-order chi connectivity index (χ0) is 18.5. The monoisotopic (exact) mass is 347 g/mol. The third-order valence-corrected chi connectivity index (χ3v) is 4.63. The molecule has 4 rings (SSSR count). The van der Waals surface area contributed by atoms with Crippen molar-refractivity contribution in [2.45, 2.75) is 0 Å². The van der Waals surface area contributed by atoms with Crippen LogP contribution in [-0.2, 0) is 0 Å². The largest absolute Gasteiger partial charge is 0.310 e. The predicted molar refractivity (Wildman–Crippen MR) is 117 cm³/mol. The minimum absolute atomic E-state index is 1.11. The number of nitrogens with zero attached hydrogens (tertiary/aromatic N) is 1. The van der Waals surface area contributed by atoms with Crippen LogP contribution in [-0.4, -0.2) is 0 Å². The summed E-state index contributed by atoms with van der Waals surface area (Å²) in [5.74, 6) is 0. The van der Waals surface area contributed by atoms with Crippen molar-refractivity contribution in [3.8, 4) is 11.1 Å². The minimum Gasteiger partial charge on any atom is -0.310 e. The van der Waals surface area contributed by atoms with E-state index in [-0.39, 0.29) is 0 Å². The smallest absolute Gasteiger partial charge is 0.0540 e. The first-order chi connectivity index (χ1) is 13.4. The zero-order valence-electron chi connectivity index (χ0n) is 15.1. The van der Waals surface area contributed by atoms with Gasteiger partial charge in [0.25, 0.3) is 0 Å². The third kappa shape index (κ3) is 3.54. The lowest BCUT2D eigenvalue weighted by atomic mass is 10.0. The Bertz CT molecular complexity index is 1020. The van der Waals surface area contributed by atoms with Gasteiger partial charge in [-0.2, -0.15) is 0 Å². The molecule has 0 N–H and O–H groups in total. The van der Waals surface area contributed by atoms with E-state index in [9.17, 15) is 0 Å². The average molecular weight is 347 g/mol. The predicted octanol–water partition coefficient (Wildman–Crippen LogP) is 7.47. The highest BCUT2D eigenvalue weighted by Crippen LogP contribution is 2.40. The molecule has 0 aliphatic rings. The lowest BCUT2D eigenvalue weighted by Crippen LogP contribution is -2.11. The molecular weight excluding hydrogens is 326 g/mol. The summed E-state index contributed by atoms with van der Waals surface area (Å²) >= 11 is 0. The Morgan fingerprint density at radius 1 is 0.556 bits per heavy atom. The van der Waals surface area contributed by atoms with Crippen LogP contribution in [0, 0.1) is 0 Å². The summed E-state index contributed by atoms with van der Waals surface area (Å²) in [4.78, 5) is 2.30. The number of rotatable bonds is 5. The molecule has 0 aliphatic heterocycles. The van der Waals surface area contributed by atoms with E-state index in [4.69, 9.17) is 0 Å². The maximum atomic E-state index is 3.86. The fourth-order valence-electron chi connectivity index (χ4n) is 3.29. The summed E-state index contributed by atoms with van der Waals surface area (Å²) in [6.45, 7) is 3.86. The van der Waals surface area contributed by atoms with Crippen molar-refractivity contribution in [2.75, 3.05) is 4.90 Å². The van der Waals surface area contributed by atoms with E-state index in [1.165, 1.54) is 11.1 Å². The lowest BCUT2D eigenvalue weighted by molar-refractivity contribution is 1.28. The summed E-state index contributed by atoms with van der Waals surface area (Å²) < 4.78 is 0. The Morgan fingerprint density at radius 3 is 1.78 bits per heavy atom. The van der Waals surface area contributed by atoms with E-state index in [0.717, 1.165) is 22.6 Å². The van der Waals surface area contributed by atoms with Gasteiger partial charge in [-0.3, -0.25) is 0 Å². The molecule has 4 aromatic rings. The van der Waals surface area contributed by atoms with E-state index >= 15 is 0 Å². The Labute approximate surface area is 160 Å². The van der Waals surface area contributed by atoms with E-state index in [2.05, 4.69) is 115 Å². The van der Waals surface area contributed by atoms with Gasteiger partial charge in [0.15, 0.2) is 0 Å². The first kappa shape index (κ1) is 16.9. The van der Waals surface area contributed by atoms with E-state index < -0.39 is 0 Å². The quantitative estimate of drug-likeness (QED) is 0.362. The molecule has 4 aromatic carbocycles. The van der Waals surface area contributed by atoms with Crippen molar-refractivity contribution in [2.24, 2.45) is 0 Å². The second kappa shape index (κ2) is 7.76. The summed E-state index contributed by atoms with van der Waals surface area (Å²) in [6.07, 6.45) is 1.87. The van der Waals surface area contributed by atoms with Crippen molar-refractivity contribution in [1.29, 1.82) is 0 Å². The van der Waals surface area contributed by atoms with Gasteiger partial charge in [-0.15, -0.1) is 0 Å². The van der Waals surface area contributed by atoms with Gasteiger partial charge >= 0.3 is 0 Å². The van der Waals surface area contributed by atoms with Crippen LogP contribution in [0.15, 0.2) is 116 Å². The number of benzene rings is 4. The second-order valence-corrected chi connectivity index (χ2v) is 6.35. The number of anilines is 3. The molecule has 0 radical (unpaired) electrons. The first-order valence-electron chi connectivity index (χ1n) is 9.09. The van der Waals surface area contributed by atoms with Gasteiger partial charge in [0.1, 0.15) is 0 Å². The molecule has 1 heteroatoms. The molecule has 0 saturated carbocycles. The van der Waals surface area contributed by atoms with Gasteiger partial charge in [-0.05, 0) is 41.5 Å². The molecular formula is C26H21N. The highest BCUT2D eigenvalue weighted by Gasteiger charge is 2.16. The van der Waals surface area contributed by atoms with Gasteiger partial charge in [0, 0.05) is 16.9 Å². The summed E-state index contributed by atoms with van der Waals surface area (Å²) in [6, 6.07) is 38.0.